The van der Waals surface area contributed by atoms with E-state index in [0.717, 1.165) is 25.1 Å². The molecule has 17 heavy (non-hydrogen) atoms. The van der Waals surface area contributed by atoms with Crippen LogP contribution in [0.1, 0.15) is 35.5 Å². The number of nitrogens with one attached hydrogen (secondary N) is 1. The van der Waals surface area contributed by atoms with E-state index in [2.05, 4.69) is 24.1 Å². The van der Waals surface area contributed by atoms with Crippen LogP contribution in [0, 0.1) is 6.92 Å². The zero-order valence-electron chi connectivity index (χ0n) is 10.3. The third kappa shape index (κ3) is 3.17. The molecular weight excluding hydrogens is 232 g/mol. The van der Waals surface area contributed by atoms with Gasteiger partial charge in [0.1, 0.15) is 0 Å². The lowest BCUT2D eigenvalue weighted by atomic mass is 10.1. The van der Waals surface area contributed by atoms with Crippen molar-refractivity contribution in [2.45, 2.75) is 32.7 Å². The number of thiazole rings is 1. The number of hydrogen-bond donors (Lipinski definition) is 1. The Labute approximate surface area is 106 Å². The Morgan fingerprint density at radius 2 is 2.41 bits per heavy atom. The van der Waals surface area contributed by atoms with E-state index in [0.29, 0.717) is 6.04 Å². The highest BCUT2D eigenvalue weighted by atomic mass is 32.1. The van der Waals surface area contributed by atoms with Crippen molar-refractivity contribution in [2.24, 2.45) is 0 Å². The maximum absolute atomic E-state index is 5.13. The van der Waals surface area contributed by atoms with Gasteiger partial charge in [0.05, 0.1) is 23.7 Å². The molecule has 0 spiro atoms. The Balaban J connectivity index is 2.11. The molecule has 92 valence electrons. The number of hydrogen-bond acceptors (Lipinski definition) is 4. The van der Waals surface area contributed by atoms with Crippen LogP contribution < -0.4 is 5.32 Å². The lowest BCUT2D eigenvalue weighted by Gasteiger charge is -2.16. The van der Waals surface area contributed by atoms with E-state index >= 15 is 0 Å². The monoisotopic (exact) mass is 250 g/mol. The molecule has 3 nitrogen and oxygen atoms in total. The smallest absolute Gasteiger partial charge is 0.0935 e. The summed E-state index contributed by atoms with van der Waals surface area (Å²) in [7, 11) is 0. The molecule has 0 amide bonds. The molecule has 2 heterocycles. The first-order chi connectivity index (χ1) is 8.31. The Morgan fingerprint density at radius 3 is 3.00 bits per heavy atom. The molecule has 1 unspecified atom stereocenters. The first kappa shape index (κ1) is 12.3. The van der Waals surface area contributed by atoms with Crippen LogP contribution in [0.5, 0.6) is 0 Å². The van der Waals surface area contributed by atoms with Gasteiger partial charge in [0, 0.05) is 10.9 Å². The summed E-state index contributed by atoms with van der Waals surface area (Å²) >= 11 is 1.73. The van der Waals surface area contributed by atoms with E-state index in [1.807, 2.05) is 17.8 Å². The van der Waals surface area contributed by atoms with Crippen LogP contribution in [-0.2, 0) is 6.42 Å². The van der Waals surface area contributed by atoms with Crippen molar-refractivity contribution in [3.05, 3.63) is 40.2 Å². The molecule has 0 fully saturated rings. The van der Waals surface area contributed by atoms with Crippen molar-refractivity contribution in [1.82, 2.24) is 10.3 Å². The molecule has 0 aliphatic heterocycles. The first-order valence-electron chi connectivity index (χ1n) is 5.95. The summed E-state index contributed by atoms with van der Waals surface area (Å²) in [6.07, 6.45) is 5.64. The molecular formula is C13H18N2OS. The van der Waals surface area contributed by atoms with Crippen LogP contribution in [0.2, 0.25) is 0 Å². The van der Waals surface area contributed by atoms with Crippen molar-refractivity contribution < 1.29 is 4.42 Å². The molecule has 2 rings (SSSR count). The zero-order valence-corrected chi connectivity index (χ0v) is 11.1. The molecule has 2 aromatic rings. The summed E-state index contributed by atoms with van der Waals surface area (Å²) in [5.41, 5.74) is 4.28. The van der Waals surface area contributed by atoms with Gasteiger partial charge in [-0.05, 0) is 37.9 Å². The van der Waals surface area contributed by atoms with Crippen LogP contribution in [0.3, 0.4) is 0 Å². The first-order valence-corrected chi connectivity index (χ1v) is 6.83. The summed E-state index contributed by atoms with van der Waals surface area (Å²) in [6, 6.07) is 2.37. The van der Waals surface area contributed by atoms with E-state index in [9.17, 15) is 0 Å². The van der Waals surface area contributed by atoms with Gasteiger partial charge in [-0.1, -0.05) is 6.92 Å². The largest absolute Gasteiger partial charge is 0.472 e. The van der Waals surface area contributed by atoms with Crippen molar-refractivity contribution in [3.63, 3.8) is 0 Å². The third-order valence-corrected chi connectivity index (χ3v) is 3.80. The van der Waals surface area contributed by atoms with Crippen LogP contribution in [-0.4, -0.2) is 11.5 Å². The highest BCUT2D eigenvalue weighted by molar-refractivity contribution is 7.09. The predicted octanol–water partition coefficient (Wildman–Crippen LogP) is 3.33. The van der Waals surface area contributed by atoms with Gasteiger partial charge in [-0.3, -0.25) is 0 Å². The third-order valence-electron chi connectivity index (χ3n) is 2.76. The van der Waals surface area contributed by atoms with Crippen molar-refractivity contribution in [1.29, 1.82) is 0 Å². The van der Waals surface area contributed by atoms with E-state index < -0.39 is 0 Å². The summed E-state index contributed by atoms with van der Waals surface area (Å²) in [4.78, 5) is 5.66. The van der Waals surface area contributed by atoms with E-state index in [1.54, 1.807) is 17.6 Å². The topological polar surface area (TPSA) is 38.1 Å². The minimum atomic E-state index is 0.347. The fourth-order valence-corrected chi connectivity index (χ4v) is 2.74. The van der Waals surface area contributed by atoms with Gasteiger partial charge in [0.2, 0.25) is 0 Å². The van der Waals surface area contributed by atoms with Crippen molar-refractivity contribution in [3.8, 4) is 0 Å². The van der Waals surface area contributed by atoms with E-state index in [4.69, 9.17) is 4.42 Å². The average molecular weight is 250 g/mol. The molecule has 0 saturated heterocycles. The SMILES string of the molecule is CCCNC(Cc1ccoc1)c1scnc1C. The van der Waals surface area contributed by atoms with Gasteiger partial charge >= 0.3 is 0 Å². The summed E-state index contributed by atoms with van der Waals surface area (Å²) in [5, 5.41) is 3.58. The normalized spacial score (nSPS) is 12.8. The maximum atomic E-state index is 5.13. The molecule has 0 radical (unpaired) electrons. The van der Waals surface area contributed by atoms with Gasteiger partial charge < -0.3 is 9.73 Å². The minimum absolute atomic E-state index is 0.347. The molecule has 4 heteroatoms. The molecule has 0 saturated carbocycles. The van der Waals surface area contributed by atoms with Crippen LogP contribution in [0.25, 0.3) is 0 Å². The molecule has 0 aliphatic rings. The molecule has 0 aromatic carbocycles. The van der Waals surface area contributed by atoms with Crippen LogP contribution >= 0.6 is 11.3 Å². The van der Waals surface area contributed by atoms with Gasteiger partial charge in [-0.2, -0.15) is 0 Å². The van der Waals surface area contributed by atoms with Gasteiger partial charge in [0.25, 0.3) is 0 Å². The Morgan fingerprint density at radius 1 is 1.53 bits per heavy atom. The number of furan rings is 1. The van der Waals surface area contributed by atoms with Gasteiger partial charge in [-0.25, -0.2) is 4.98 Å². The number of rotatable bonds is 6. The van der Waals surface area contributed by atoms with Crippen molar-refractivity contribution >= 4 is 11.3 Å². The summed E-state index contributed by atoms with van der Waals surface area (Å²) in [6.45, 7) is 5.28. The summed E-state index contributed by atoms with van der Waals surface area (Å²) in [5.74, 6) is 0. The number of aryl methyl sites for hydroxylation is 1. The predicted molar refractivity (Wildman–Crippen MR) is 70.3 cm³/mol. The minimum Gasteiger partial charge on any atom is -0.472 e. The highest BCUT2D eigenvalue weighted by Gasteiger charge is 2.16. The average Bonchev–Trinajstić information content (AvgIpc) is 2.95. The highest BCUT2D eigenvalue weighted by Crippen LogP contribution is 2.25. The standard InChI is InChI=1S/C13H18N2OS/c1-3-5-14-12(7-11-4-6-16-8-11)13-10(2)15-9-17-13/h4,6,8-9,12,14H,3,5,7H2,1-2H3. The Kier molecular flexibility index (Phi) is 4.34. The van der Waals surface area contributed by atoms with Crippen LogP contribution in [0.15, 0.2) is 28.5 Å². The maximum Gasteiger partial charge on any atom is 0.0935 e. The van der Waals surface area contributed by atoms with Crippen LogP contribution in [0.4, 0.5) is 0 Å². The lowest BCUT2D eigenvalue weighted by Crippen LogP contribution is -2.23. The Bertz CT molecular complexity index is 436. The zero-order chi connectivity index (χ0) is 12.1. The summed E-state index contributed by atoms with van der Waals surface area (Å²) < 4.78 is 5.13. The molecule has 1 N–H and O–H groups in total. The van der Waals surface area contributed by atoms with Gasteiger partial charge in [-0.15, -0.1) is 11.3 Å². The molecule has 2 aromatic heterocycles. The fraction of sp³-hybridized carbons (Fsp3) is 0.462. The second kappa shape index (κ2) is 5.98. The van der Waals surface area contributed by atoms with E-state index in [1.165, 1.54) is 10.4 Å². The van der Waals surface area contributed by atoms with Crippen molar-refractivity contribution in [2.75, 3.05) is 6.54 Å². The molecule has 1 atom stereocenters. The fourth-order valence-electron chi connectivity index (χ4n) is 1.87. The van der Waals surface area contributed by atoms with Gasteiger partial charge in [0.15, 0.2) is 0 Å². The van der Waals surface area contributed by atoms with E-state index in [-0.39, 0.29) is 0 Å². The molecule has 0 bridgehead atoms. The lowest BCUT2D eigenvalue weighted by molar-refractivity contribution is 0.524. The second-order valence-electron chi connectivity index (χ2n) is 4.14. The quantitative estimate of drug-likeness (QED) is 0.854. The number of nitrogens with zero attached hydrogens (tertiary/aromatic N) is 1. The second-order valence-corrected chi connectivity index (χ2v) is 5.03. The Hall–Kier alpha value is -1.13. The molecule has 0 aliphatic carbocycles. The number of aromatic nitrogens is 1.